The van der Waals surface area contributed by atoms with Gasteiger partial charge in [0.05, 0.1) is 35.4 Å². The first-order valence-corrected chi connectivity index (χ1v) is 8.72. The SMILES string of the molecule is CC(C)(O)c1cnn2c(-c3cccc(-c4c(C#N)ccc(F)c4F)c3)cnc2n1. The number of hydrogen-bond donors (Lipinski definition) is 1. The van der Waals surface area contributed by atoms with Crippen LogP contribution in [0.1, 0.15) is 25.1 Å². The lowest BCUT2D eigenvalue weighted by molar-refractivity contribution is 0.0734. The maximum atomic E-state index is 14.4. The molecule has 8 heteroatoms. The molecule has 0 aliphatic rings. The maximum absolute atomic E-state index is 14.4. The molecule has 2 aromatic heterocycles. The topological polar surface area (TPSA) is 87.1 Å². The molecule has 2 heterocycles. The van der Waals surface area contributed by atoms with Crippen molar-refractivity contribution in [3.63, 3.8) is 0 Å². The van der Waals surface area contributed by atoms with E-state index in [0.29, 0.717) is 28.3 Å². The highest BCUT2D eigenvalue weighted by Gasteiger charge is 2.21. The molecular weight excluding hydrogens is 376 g/mol. The summed E-state index contributed by atoms with van der Waals surface area (Å²) in [5.74, 6) is -1.81. The van der Waals surface area contributed by atoms with Crippen molar-refractivity contribution in [1.82, 2.24) is 19.6 Å². The third-order valence-corrected chi connectivity index (χ3v) is 4.53. The number of fused-ring (bicyclic) bond motifs is 1. The minimum atomic E-state index is -1.16. The van der Waals surface area contributed by atoms with Crippen molar-refractivity contribution < 1.29 is 13.9 Å². The average molecular weight is 391 g/mol. The van der Waals surface area contributed by atoms with Crippen LogP contribution in [-0.2, 0) is 5.60 Å². The Bertz CT molecular complexity index is 1280. The summed E-state index contributed by atoms with van der Waals surface area (Å²) < 4.78 is 29.7. The van der Waals surface area contributed by atoms with Crippen LogP contribution < -0.4 is 0 Å². The van der Waals surface area contributed by atoms with E-state index >= 15 is 0 Å². The van der Waals surface area contributed by atoms with Gasteiger partial charge in [0.2, 0.25) is 0 Å². The largest absolute Gasteiger partial charge is 0.384 e. The summed E-state index contributed by atoms with van der Waals surface area (Å²) in [6.07, 6.45) is 3.00. The molecule has 0 unspecified atom stereocenters. The van der Waals surface area contributed by atoms with Gasteiger partial charge in [-0.2, -0.15) is 14.9 Å². The number of aliphatic hydroxyl groups is 1. The number of nitriles is 1. The van der Waals surface area contributed by atoms with E-state index in [9.17, 15) is 19.1 Å². The second kappa shape index (κ2) is 6.72. The van der Waals surface area contributed by atoms with Gasteiger partial charge in [0.25, 0.3) is 5.78 Å². The molecule has 4 aromatic rings. The van der Waals surface area contributed by atoms with Crippen LogP contribution in [0, 0.1) is 23.0 Å². The van der Waals surface area contributed by atoms with Gasteiger partial charge in [0.1, 0.15) is 5.60 Å². The lowest BCUT2D eigenvalue weighted by Gasteiger charge is -2.15. The number of halogens is 2. The molecule has 0 bridgehead atoms. The predicted octanol–water partition coefficient (Wildman–Crippen LogP) is 3.84. The minimum Gasteiger partial charge on any atom is -0.384 e. The summed E-state index contributed by atoms with van der Waals surface area (Å²) in [7, 11) is 0. The highest BCUT2D eigenvalue weighted by molar-refractivity contribution is 5.76. The van der Waals surface area contributed by atoms with E-state index in [0.717, 1.165) is 6.07 Å². The van der Waals surface area contributed by atoms with Gasteiger partial charge in [-0.3, -0.25) is 0 Å². The Labute approximate surface area is 164 Å². The molecule has 6 nitrogen and oxygen atoms in total. The van der Waals surface area contributed by atoms with Crippen molar-refractivity contribution >= 4 is 5.78 Å². The Morgan fingerprint density at radius 3 is 2.59 bits per heavy atom. The van der Waals surface area contributed by atoms with Gasteiger partial charge >= 0.3 is 0 Å². The first-order chi connectivity index (χ1) is 13.8. The molecule has 4 rings (SSSR count). The fraction of sp³-hybridized carbons (Fsp3) is 0.143. The Balaban J connectivity index is 1.86. The first kappa shape index (κ1) is 18.7. The quantitative estimate of drug-likeness (QED) is 0.573. The molecule has 2 aromatic carbocycles. The van der Waals surface area contributed by atoms with Gasteiger partial charge in [-0.15, -0.1) is 0 Å². The van der Waals surface area contributed by atoms with Gasteiger partial charge in [-0.1, -0.05) is 18.2 Å². The van der Waals surface area contributed by atoms with Gasteiger partial charge in [-0.05, 0) is 37.6 Å². The Morgan fingerprint density at radius 1 is 1.10 bits per heavy atom. The van der Waals surface area contributed by atoms with Crippen molar-refractivity contribution in [1.29, 1.82) is 5.26 Å². The fourth-order valence-corrected chi connectivity index (χ4v) is 3.03. The summed E-state index contributed by atoms with van der Waals surface area (Å²) in [6, 6.07) is 10.8. The van der Waals surface area contributed by atoms with E-state index in [4.69, 9.17) is 0 Å². The molecular formula is C21H15F2N5O. The van der Waals surface area contributed by atoms with Gasteiger partial charge < -0.3 is 5.11 Å². The van der Waals surface area contributed by atoms with Crippen LogP contribution in [0.25, 0.3) is 28.2 Å². The summed E-state index contributed by atoms with van der Waals surface area (Å²) in [6.45, 7) is 3.20. The van der Waals surface area contributed by atoms with Crippen molar-refractivity contribution in [2.45, 2.75) is 19.4 Å². The Kier molecular flexibility index (Phi) is 4.32. The van der Waals surface area contributed by atoms with E-state index in [1.54, 1.807) is 44.3 Å². The molecule has 144 valence electrons. The Morgan fingerprint density at radius 2 is 1.86 bits per heavy atom. The predicted molar refractivity (Wildman–Crippen MR) is 102 cm³/mol. The second-order valence-corrected chi connectivity index (χ2v) is 7.03. The first-order valence-electron chi connectivity index (χ1n) is 8.72. The number of imidazole rings is 1. The van der Waals surface area contributed by atoms with E-state index < -0.39 is 17.2 Å². The second-order valence-electron chi connectivity index (χ2n) is 7.03. The normalized spacial score (nSPS) is 11.6. The van der Waals surface area contributed by atoms with Crippen molar-refractivity contribution in [3.05, 3.63) is 71.7 Å². The van der Waals surface area contributed by atoms with Crippen molar-refractivity contribution in [2.75, 3.05) is 0 Å². The average Bonchev–Trinajstić information content (AvgIpc) is 3.12. The molecule has 0 aliphatic carbocycles. The molecule has 0 fully saturated rings. The lowest BCUT2D eigenvalue weighted by atomic mass is 9.97. The van der Waals surface area contributed by atoms with E-state index in [-0.39, 0.29) is 11.1 Å². The highest BCUT2D eigenvalue weighted by atomic mass is 19.2. The molecule has 29 heavy (non-hydrogen) atoms. The van der Waals surface area contributed by atoms with Crippen LogP contribution in [0.3, 0.4) is 0 Å². The number of benzene rings is 2. The molecule has 0 saturated carbocycles. The van der Waals surface area contributed by atoms with E-state index in [1.165, 1.54) is 16.8 Å². The third-order valence-electron chi connectivity index (χ3n) is 4.53. The number of hydrogen-bond acceptors (Lipinski definition) is 5. The van der Waals surface area contributed by atoms with Crippen LogP contribution >= 0.6 is 0 Å². The van der Waals surface area contributed by atoms with E-state index in [1.807, 2.05) is 6.07 Å². The maximum Gasteiger partial charge on any atom is 0.251 e. The zero-order valence-electron chi connectivity index (χ0n) is 15.6. The zero-order valence-corrected chi connectivity index (χ0v) is 15.6. The molecule has 0 aliphatic heterocycles. The smallest absolute Gasteiger partial charge is 0.251 e. The number of aromatic nitrogens is 4. The van der Waals surface area contributed by atoms with Crippen LogP contribution in [0.15, 0.2) is 48.8 Å². The molecule has 0 atom stereocenters. The molecule has 1 N–H and O–H groups in total. The van der Waals surface area contributed by atoms with Crippen molar-refractivity contribution in [2.24, 2.45) is 0 Å². The third kappa shape index (κ3) is 3.22. The fourth-order valence-electron chi connectivity index (χ4n) is 3.03. The van der Waals surface area contributed by atoms with Crippen LogP contribution in [0.5, 0.6) is 0 Å². The standard InChI is InChI=1S/C21H15F2N5O/c1-21(2,29)17-11-26-28-16(10-25-20(28)27-17)12-4-3-5-13(8-12)18-14(9-24)6-7-15(22)19(18)23/h3-8,10-11,29H,1-2H3. The van der Waals surface area contributed by atoms with Crippen molar-refractivity contribution in [3.8, 4) is 28.5 Å². The summed E-state index contributed by atoms with van der Waals surface area (Å²) in [4.78, 5) is 8.54. The van der Waals surface area contributed by atoms with Crippen LogP contribution in [0.2, 0.25) is 0 Å². The van der Waals surface area contributed by atoms with Crippen LogP contribution in [-0.4, -0.2) is 24.7 Å². The van der Waals surface area contributed by atoms with Gasteiger partial charge in [-0.25, -0.2) is 18.7 Å². The monoisotopic (exact) mass is 391 g/mol. The van der Waals surface area contributed by atoms with Crippen LogP contribution in [0.4, 0.5) is 8.78 Å². The number of nitrogens with zero attached hydrogens (tertiary/aromatic N) is 5. The number of rotatable bonds is 3. The highest BCUT2D eigenvalue weighted by Crippen LogP contribution is 2.31. The molecule has 0 spiro atoms. The minimum absolute atomic E-state index is 0.0359. The summed E-state index contributed by atoms with van der Waals surface area (Å²) in [5, 5.41) is 23.7. The molecule has 0 amide bonds. The molecule has 0 radical (unpaired) electrons. The van der Waals surface area contributed by atoms with E-state index in [2.05, 4.69) is 15.1 Å². The van der Waals surface area contributed by atoms with Gasteiger partial charge in [0, 0.05) is 11.1 Å². The summed E-state index contributed by atoms with van der Waals surface area (Å²) in [5.41, 5.74) is 0.708. The van der Waals surface area contributed by atoms with Gasteiger partial charge in [0.15, 0.2) is 11.6 Å². The zero-order chi connectivity index (χ0) is 20.8. The Hall–Kier alpha value is -3.70. The lowest BCUT2D eigenvalue weighted by Crippen LogP contribution is -2.19. The summed E-state index contributed by atoms with van der Waals surface area (Å²) >= 11 is 0. The molecule has 0 saturated heterocycles.